The molecule has 0 aromatic heterocycles. The predicted molar refractivity (Wildman–Crippen MR) is 162 cm³/mol. The minimum absolute atomic E-state index is 1.08. The number of hydrogen-bond acceptors (Lipinski definition) is 2. The van der Waals surface area contributed by atoms with Gasteiger partial charge in [0.15, 0.2) is 0 Å². The van der Waals surface area contributed by atoms with Crippen LogP contribution in [0.2, 0.25) is 0 Å². The van der Waals surface area contributed by atoms with E-state index in [0.717, 1.165) is 17.6 Å². The molecule has 0 amide bonds. The van der Waals surface area contributed by atoms with Gasteiger partial charge in [-0.05, 0) is 116 Å². The van der Waals surface area contributed by atoms with Crippen LogP contribution in [0.1, 0.15) is 65.6 Å². The van der Waals surface area contributed by atoms with E-state index in [4.69, 9.17) is 0 Å². The number of nitrogens with zero attached hydrogens (tertiary/aromatic N) is 2. The number of aryl methyl sites for hydroxylation is 3. The highest BCUT2D eigenvalue weighted by Gasteiger charge is 2.16. The van der Waals surface area contributed by atoms with Crippen LogP contribution in [-0.2, 0) is 12.8 Å². The molecule has 3 heteroatoms. The van der Waals surface area contributed by atoms with Gasteiger partial charge in [0.1, 0.15) is 0 Å². The third-order valence-electron chi connectivity index (χ3n) is 7.70. The van der Waals surface area contributed by atoms with Crippen LogP contribution < -0.4 is 9.80 Å². The van der Waals surface area contributed by atoms with Crippen molar-refractivity contribution in [2.75, 3.05) is 36.0 Å². The van der Waals surface area contributed by atoms with E-state index in [9.17, 15) is 0 Å². The fourth-order valence-corrected chi connectivity index (χ4v) is 6.15. The van der Waals surface area contributed by atoms with Crippen molar-refractivity contribution in [1.82, 2.24) is 0 Å². The molecule has 0 unspecified atom stereocenters. The minimum Gasteiger partial charge on any atom is -0.372 e. The topological polar surface area (TPSA) is 6.48 Å². The summed E-state index contributed by atoms with van der Waals surface area (Å²) in [6.07, 6.45) is 13.8. The Hall–Kier alpha value is -2.78. The van der Waals surface area contributed by atoms with Crippen molar-refractivity contribution in [2.45, 2.75) is 46.5 Å². The molecule has 0 saturated heterocycles. The molecule has 0 radical (unpaired) electrons. The zero-order valence-electron chi connectivity index (χ0n) is 21.9. The summed E-state index contributed by atoms with van der Waals surface area (Å²) in [5.74, 6) is 0. The Kier molecular flexibility index (Phi) is 7.67. The Morgan fingerprint density at radius 1 is 0.694 bits per heavy atom. The first-order chi connectivity index (χ1) is 17.6. The van der Waals surface area contributed by atoms with Crippen molar-refractivity contribution in [1.29, 1.82) is 0 Å². The highest BCUT2D eigenvalue weighted by molar-refractivity contribution is 9.10. The number of hydrogen-bond donors (Lipinski definition) is 0. The lowest BCUT2D eigenvalue weighted by molar-refractivity contribution is 0.707. The zero-order chi connectivity index (χ0) is 25.1. The van der Waals surface area contributed by atoms with Crippen molar-refractivity contribution in [2.24, 2.45) is 0 Å². The first-order valence-electron chi connectivity index (χ1n) is 13.5. The van der Waals surface area contributed by atoms with Crippen molar-refractivity contribution in [3.8, 4) is 0 Å². The second kappa shape index (κ2) is 11.1. The number of anilines is 2. The molecule has 0 N–H and O–H groups in total. The molecule has 3 aromatic rings. The highest BCUT2D eigenvalue weighted by atomic mass is 79.9. The van der Waals surface area contributed by atoms with Gasteiger partial charge in [-0.2, -0.15) is 0 Å². The molecule has 0 fully saturated rings. The van der Waals surface area contributed by atoms with Crippen LogP contribution >= 0.6 is 15.9 Å². The van der Waals surface area contributed by atoms with Gasteiger partial charge in [0, 0.05) is 42.0 Å². The van der Waals surface area contributed by atoms with Gasteiger partial charge >= 0.3 is 0 Å². The molecule has 0 atom stereocenters. The van der Waals surface area contributed by atoms with Crippen LogP contribution in [0.25, 0.3) is 24.3 Å². The number of benzene rings is 3. The molecular formula is C33H37BrN2. The van der Waals surface area contributed by atoms with Gasteiger partial charge in [0.05, 0.1) is 0 Å². The van der Waals surface area contributed by atoms with Crippen LogP contribution in [0, 0.1) is 6.92 Å². The molecule has 2 heterocycles. The van der Waals surface area contributed by atoms with Crippen LogP contribution in [0.4, 0.5) is 11.4 Å². The standard InChI is InChI=1S/C33H37BrN2/c1-4-35-18-6-8-29-21-25(12-16-32(29)35)10-14-27-23-31(34)28(20-24(27)3)15-11-26-13-17-33-30(22-26)9-7-19-36(33)5-2/h10-17,20-23H,4-9,18-19H2,1-3H3/b14-10+,15-11+. The lowest BCUT2D eigenvalue weighted by atomic mass is 9.97. The van der Waals surface area contributed by atoms with Gasteiger partial charge in [-0.3, -0.25) is 0 Å². The fourth-order valence-electron chi connectivity index (χ4n) is 5.65. The summed E-state index contributed by atoms with van der Waals surface area (Å²) in [4.78, 5) is 4.98. The minimum atomic E-state index is 1.08. The van der Waals surface area contributed by atoms with Crippen LogP contribution in [0.3, 0.4) is 0 Å². The summed E-state index contributed by atoms with van der Waals surface area (Å²) in [5.41, 5.74) is 12.1. The van der Waals surface area contributed by atoms with E-state index < -0.39 is 0 Å². The van der Waals surface area contributed by atoms with E-state index >= 15 is 0 Å². The quantitative estimate of drug-likeness (QED) is 0.288. The van der Waals surface area contributed by atoms with E-state index in [1.54, 1.807) is 0 Å². The van der Waals surface area contributed by atoms with Gasteiger partial charge in [-0.1, -0.05) is 58.4 Å². The largest absolute Gasteiger partial charge is 0.372 e. The number of halogens is 1. The van der Waals surface area contributed by atoms with E-state index in [0.29, 0.717) is 0 Å². The lowest BCUT2D eigenvalue weighted by Crippen LogP contribution is -2.28. The molecule has 0 spiro atoms. The average molecular weight is 542 g/mol. The molecule has 0 bridgehead atoms. The second-order valence-electron chi connectivity index (χ2n) is 10.0. The molecule has 2 nitrogen and oxygen atoms in total. The Bertz CT molecular complexity index is 1200. The molecular weight excluding hydrogens is 504 g/mol. The van der Waals surface area contributed by atoms with Crippen molar-refractivity contribution >= 4 is 51.6 Å². The van der Waals surface area contributed by atoms with Crippen LogP contribution in [0.15, 0.2) is 53.0 Å². The molecule has 36 heavy (non-hydrogen) atoms. The van der Waals surface area contributed by atoms with Gasteiger partial charge < -0.3 is 9.80 Å². The molecule has 5 rings (SSSR count). The number of rotatable bonds is 6. The maximum absolute atomic E-state index is 3.82. The SMILES string of the molecule is CCN1CCCc2cc(/C=C/c3cc(Br)c(/C=C/c4ccc5c(c4)CCCN5CC)cc3C)ccc21. The van der Waals surface area contributed by atoms with Crippen molar-refractivity contribution in [3.63, 3.8) is 0 Å². The van der Waals surface area contributed by atoms with Crippen LogP contribution in [-0.4, -0.2) is 26.2 Å². The Balaban J connectivity index is 1.33. The maximum Gasteiger partial charge on any atom is 0.0399 e. The monoisotopic (exact) mass is 540 g/mol. The number of fused-ring (bicyclic) bond motifs is 2. The molecule has 2 aliphatic rings. The predicted octanol–water partition coefficient (Wildman–Crippen LogP) is 8.64. The van der Waals surface area contributed by atoms with Gasteiger partial charge in [-0.15, -0.1) is 0 Å². The Morgan fingerprint density at radius 2 is 1.22 bits per heavy atom. The van der Waals surface area contributed by atoms with Crippen molar-refractivity contribution < 1.29 is 0 Å². The third kappa shape index (κ3) is 5.32. The zero-order valence-corrected chi connectivity index (χ0v) is 23.4. The van der Waals surface area contributed by atoms with E-state index in [1.165, 1.54) is 89.1 Å². The van der Waals surface area contributed by atoms with E-state index in [2.05, 4.69) is 119 Å². The summed E-state index contributed by atoms with van der Waals surface area (Å²) in [5, 5.41) is 0. The van der Waals surface area contributed by atoms with Crippen molar-refractivity contribution in [3.05, 3.63) is 91.9 Å². The summed E-state index contributed by atoms with van der Waals surface area (Å²) in [6, 6.07) is 18.4. The molecule has 186 valence electrons. The van der Waals surface area contributed by atoms with Gasteiger partial charge in [0.25, 0.3) is 0 Å². The lowest BCUT2D eigenvalue weighted by Gasteiger charge is -2.30. The summed E-state index contributed by atoms with van der Waals surface area (Å²) in [7, 11) is 0. The van der Waals surface area contributed by atoms with Gasteiger partial charge in [-0.25, -0.2) is 0 Å². The maximum atomic E-state index is 3.82. The van der Waals surface area contributed by atoms with Gasteiger partial charge in [0.2, 0.25) is 0 Å². The van der Waals surface area contributed by atoms with Crippen LogP contribution in [0.5, 0.6) is 0 Å². The first-order valence-corrected chi connectivity index (χ1v) is 14.3. The normalized spacial score (nSPS) is 15.6. The molecule has 2 aliphatic heterocycles. The molecule has 0 saturated carbocycles. The van der Waals surface area contributed by atoms with E-state index in [-0.39, 0.29) is 0 Å². The third-order valence-corrected chi connectivity index (χ3v) is 8.38. The fraction of sp³-hybridized carbons (Fsp3) is 0.333. The Morgan fingerprint density at radius 3 is 1.75 bits per heavy atom. The summed E-state index contributed by atoms with van der Waals surface area (Å²) in [6.45, 7) is 11.2. The Labute approximate surface area is 225 Å². The smallest absolute Gasteiger partial charge is 0.0399 e. The summed E-state index contributed by atoms with van der Waals surface area (Å²) < 4.78 is 1.13. The van der Waals surface area contributed by atoms with E-state index in [1.807, 2.05) is 0 Å². The second-order valence-corrected chi connectivity index (χ2v) is 10.9. The first kappa shape index (κ1) is 24.9. The molecule has 3 aromatic carbocycles. The highest BCUT2D eigenvalue weighted by Crippen LogP contribution is 2.31. The summed E-state index contributed by atoms with van der Waals surface area (Å²) >= 11 is 3.82. The average Bonchev–Trinajstić information content (AvgIpc) is 2.91. The molecule has 0 aliphatic carbocycles.